The second-order valence-electron chi connectivity index (χ2n) is 7.26. The number of carbonyl (C=O) groups excluding carboxylic acids is 2. The summed E-state index contributed by atoms with van der Waals surface area (Å²) in [5.41, 5.74) is 0.392. The minimum Gasteiger partial charge on any atom is -0.457 e. The predicted octanol–water partition coefficient (Wildman–Crippen LogP) is 4.14. The van der Waals surface area contributed by atoms with Crippen LogP contribution in [0.15, 0.2) is 54.6 Å². The molecule has 0 spiro atoms. The lowest BCUT2D eigenvalue weighted by Crippen LogP contribution is -2.44. The number of nitrogens with zero attached hydrogens (tertiary/aromatic N) is 1. The fourth-order valence-corrected chi connectivity index (χ4v) is 3.45. The van der Waals surface area contributed by atoms with Crippen LogP contribution < -0.4 is 4.74 Å². The molecule has 1 aliphatic rings. The lowest BCUT2D eigenvalue weighted by molar-refractivity contribution is -0.137. The lowest BCUT2D eigenvalue weighted by atomic mass is 9.92. The lowest BCUT2D eigenvalue weighted by Gasteiger charge is -2.34. The third-order valence-electron chi connectivity index (χ3n) is 4.62. The van der Waals surface area contributed by atoms with Crippen molar-refractivity contribution in [2.24, 2.45) is 11.8 Å². The molecule has 1 amide bonds. The molecule has 0 saturated carbocycles. The molecule has 0 bridgehead atoms. The maximum atomic E-state index is 12.3. The molecule has 0 unspecified atom stereocenters. The van der Waals surface area contributed by atoms with Crippen molar-refractivity contribution in [3.8, 4) is 11.5 Å². The number of hydrogen-bond acceptors (Lipinski definition) is 4. The van der Waals surface area contributed by atoms with Crippen LogP contribution in [-0.2, 0) is 9.53 Å². The molecule has 1 heterocycles. The SMILES string of the molecule is C[C@@H]1C[C@@H](C)CN(C(=O)COC(=O)c2ccc(Oc3ccccc3)cc2)C1. The predicted molar refractivity (Wildman–Crippen MR) is 103 cm³/mol. The van der Waals surface area contributed by atoms with Crippen LogP contribution in [0.4, 0.5) is 0 Å². The van der Waals surface area contributed by atoms with Gasteiger partial charge in [0.05, 0.1) is 5.56 Å². The van der Waals surface area contributed by atoms with Crippen LogP contribution in [0.25, 0.3) is 0 Å². The third kappa shape index (κ3) is 5.33. The Kier molecular flexibility index (Phi) is 6.12. The van der Waals surface area contributed by atoms with Crippen molar-refractivity contribution in [3.05, 3.63) is 60.2 Å². The average Bonchev–Trinajstić information content (AvgIpc) is 2.66. The summed E-state index contributed by atoms with van der Waals surface area (Å²) in [6, 6.07) is 16.1. The summed E-state index contributed by atoms with van der Waals surface area (Å²) in [5.74, 6) is 1.67. The molecule has 5 heteroatoms. The molecule has 1 aliphatic heterocycles. The first-order valence-electron chi connectivity index (χ1n) is 9.29. The zero-order chi connectivity index (χ0) is 19.2. The molecule has 1 saturated heterocycles. The maximum absolute atomic E-state index is 12.3. The fourth-order valence-electron chi connectivity index (χ4n) is 3.45. The van der Waals surface area contributed by atoms with E-state index in [2.05, 4.69) is 13.8 Å². The highest BCUT2D eigenvalue weighted by Crippen LogP contribution is 2.22. The van der Waals surface area contributed by atoms with Gasteiger partial charge in [-0.25, -0.2) is 4.79 Å². The standard InChI is InChI=1S/C22H25NO4/c1-16-12-17(2)14-23(13-16)21(24)15-26-22(25)18-8-10-20(11-9-18)27-19-6-4-3-5-7-19/h3-11,16-17H,12-15H2,1-2H3/t16-,17-/m1/s1. The van der Waals surface area contributed by atoms with E-state index in [0.717, 1.165) is 25.3 Å². The Labute approximate surface area is 159 Å². The van der Waals surface area contributed by atoms with Gasteiger partial charge >= 0.3 is 5.97 Å². The first-order valence-corrected chi connectivity index (χ1v) is 9.29. The molecule has 3 rings (SSSR count). The summed E-state index contributed by atoms with van der Waals surface area (Å²) < 4.78 is 10.9. The van der Waals surface area contributed by atoms with E-state index in [1.165, 1.54) is 0 Å². The fraction of sp³-hybridized carbons (Fsp3) is 0.364. The van der Waals surface area contributed by atoms with Crippen molar-refractivity contribution in [3.63, 3.8) is 0 Å². The summed E-state index contributed by atoms with van der Waals surface area (Å²) in [7, 11) is 0. The Morgan fingerprint density at radius 3 is 2.15 bits per heavy atom. The average molecular weight is 367 g/mol. The van der Waals surface area contributed by atoms with Crippen molar-refractivity contribution in [2.75, 3.05) is 19.7 Å². The molecule has 2 aromatic carbocycles. The van der Waals surface area contributed by atoms with E-state index in [0.29, 0.717) is 23.1 Å². The topological polar surface area (TPSA) is 55.8 Å². The van der Waals surface area contributed by atoms with Gasteiger partial charge in [-0.3, -0.25) is 4.79 Å². The van der Waals surface area contributed by atoms with E-state index < -0.39 is 5.97 Å². The molecule has 0 radical (unpaired) electrons. The Morgan fingerprint density at radius 1 is 0.926 bits per heavy atom. The highest BCUT2D eigenvalue weighted by molar-refractivity contribution is 5.91. The zero-order valence-corrected chi connectivity index (χ0v) is 15.8. The monoisotopic (exact) mass is 367 g/mol. The smallest absolute Gasteiger partial charge is 0.338 e. The van der Waals surface area contributed by atoms with Crippen LogP contribution in [-0.4, -0.2) is 36.5 Å². The number of amides is 1. The summed E-state index contributed by atoms with van der Waals surface area (Å²) >= 11 is 0. The molecule has 142 valence electrons. The minimum absolute atomic E-state index is 0.134. The van der Waals surface area contributed by atoms with Crippen molar-refractivity contribution in [2.45, 2.75) is 20.3 Å². The second kappa shape index (κ2) is 8.71. The first kappa shape index (κ1) is 19.0. The number of ether oxygens (including phenoxy) is 2. The number of benzene rings is 2. The number of likely N-dealkylation sites (tertiary alicyclic amines) is 1. The van der Waals surface area contributed by atoms with Crippen LogP contribution in [0.1, 0.15) is 30.6 Å². The second-order valence-corrected chi connectivity index (χ2v) is 7.26. The van der Waals surface area contributed by atoms with Crippen LogP contribution in [0, 0.1) is 11.8 Å². The van der Waals surface area contributed by atoms with Gasteiger partial charge < -0.3 is 14.4 Å². The summed E-state index contributed by atoms with van der Waals surface area (Å²) in [5, 5.41) is 0. The van der Waals surface area contributed by atoms with E-state index in [1.807, 2.05) is 30.3 Å². The Bertz CT molecular complexity index is 763. The Balaban J connectivity index is 1.51. The highest BCUT2D eigenvalue weighted by Gasteiger charge is 2.26. The van der Waals surface area contributed by atoms with E-state index in [9.17, 15) is 9.59 Å². The van der Waals surface area contributed by atoms with E-state index >= 15 is 0 Å². The van der Waals surface area contributed by atoms with Gasteiger partial charge in [-0.15, -0.1) is 0 Å². The van der Waals surface area contributed by atoms with Crippen LogP contribution in [0.2, 0.25) is 0 Å². The molecule has 1 fully saturated rings. The number of rotatable bonds is 5. The molecule has 0 aliphatic carbocycles. The van der Waals surface area contributed by atoms with Gasteiger partial charge in [0.2, 0.25) is 0 Å². The van der Waals surface area contributed by atoms with E-state index in [1.54, 1.807) is 29.2 Å². The molecular weight excluding hydrogens is 342 g/mol. The Morgan fingerprint density at radius 2 is 1.52 bits per heavy atom. The van der Waals surface area contributed by atoms with Crippen molar-refractivity contribution in [1.29, 1.82) is 0 Å². The normalized spacial score (nSPS) is 19.4. The van der Waals surface area contributed by atoms with Crippen LogP contribution >= 0.6 is 0 Å². The zero-order valence-electron chi connectivity index (χ0n) is 15.8. The van der Waals surface area contributed by atoms with Gasteiger partial charge in [0.15, 0.2) is 6.61 Å². The third-order valence-corrected chi connectivity index (χ3v) is 4.62. The maximum Gasteiger partial charge on any atom is 0.338 e. The molecular formula is C22H25NO4. The van der Waals surface area contributed by atoms with Crippen molar-refractivity contribution in [1.82, 2.24) is 4.90 Å². The van der Waals surface area contributed by atoms with Crippen LogP contribution in [0.5, 0.6) is 11.5 Å². The van der Waals surface area contributed by atoms with Gasteiger partial charge in [0, 0.05) is 13.1 Å². The van der Waals surface area contributed by atoms with Crippen molar-refractivity contribution < 1.29 is 19.1 Å². The van der Waals surface area contributed by atoms with E-state index in [-0.39, 0.29) is 12.5 Å². The quantitative estimate of drug-likeness (QED) is 0.745. The summed E-state index contributed by atoms with van der Waals surface area (Å²) in [4.78, 5) is 26.3. The largest absolute Gasteiger partial charge is 0.457 e. The van der Waals surface area contributed by atoms with Gasteiger partial charge in [0.1, 0.15) is 11.5 Å². The van der Waals surface area contributed by atoms with Crippen molar-refractivity contribution >= 4 is 11.9 Å². The molecule has 27 heavy (non-hydrogen) atoms. The minimum atomic E-state index is -0.507. The number of piperidine rings is 1. The number of carbonyl (C=O) groups is 2. The first-order chi connectivity index (χ1) is 13.0. The number of esters is 1. The van der Waals surface area contributed by atoms with Crippen LogP contribution in [0.3, 0.4) is 0 Å². The number of para-hydroxylation sites is 1. The van der Waals surface area contributed by atoms with Gasteiger partial charge in [-0.05, 0) is 54.7 Å². The summed E-state index contributed by atoms with van der Waals surface area (Å²) in [6.07, 6.45) is 1.13. The summed E-state index contributed by atoms with van der Waals surface area (Å²) in [6.45, 7) is 5.51. The van der Waals surface area contributed by atoms with Gasteiger partial charge in [-0.1, -0.05) is 32.0 Å². The van der Waals surface area contributed by atoms with Gasteiger partial charge in [0.25, 0.3) is 5.91 Å². The van der Waals surface area contributed by atoms with Gasteiger partial charge in [-0.2, -0.15) is 0 Å². The van der Waals surface area contributed by atoms with E-state index in [4.69, 9.17) is 9.47 Å². The molecule has 0 N–H and O–H groups in total. The molecule has 5 nitrogen and oxygen atoms in total. The molecule has 0 aromatic heterocycles. The Hall–Kier alpha value is -2.82. The molecule has 2 atom stereocenters. The highest BCUT2D eigenvalue weighted by atomic mass is 16.5. The molecule has 2 aromatic rings. The number of hydrogen-bond donors (Lipinski definition) is 0.